The van der Waals surface area contributed by atoms with Gasteiger partial charge >= 0.3 is 0 Å². The maximum absolute atomic E-state index is 13.1. The highest BCUT2D eigenvalue weighted by Gasteiger charge is 2.69. The van der Waals surface area contributed by atoms with Gasteiger partial charge in [-0.05, 0) is 38.0 Å². The van der Waals surface area contributed by atoms with E-state index in [2.05, 4.69) is 0 Å². The molecule has 0 aromatic carbocycles. The Labute approximate surface area is 137 Å². The summed E-state index contributed by atoms with van der Waals surface area (Å²) in [6.07, 6.45) is 2.03. The molecule has 4 atom stereocenters. The molecule has 23 heavy (non-hydrogen) atoms. The molecule has 3 heterocycles. The number of rotatable bonds is 3. The van der Waals surface area contributed by atoms with Gasteiger partial charge in [0.15, 0.2) is 5.60 Å². The van der Waals surface area contributed by atoms with Crippen molar-refractivity contribution in [2.75, 3.05) is 6.54 Å². The molecule has 0 spiro atoms. The van der Waals surface area contributed by atoms with Crippen LogP contribution in [0.2, 0.25) is 0 Å². The van der Waals surface area contributed by atoms with Gasteiger partial charge in [0.2, 0.25) is 5.91 Å². The van der Waals surface area contributed by atoms with E-state index in [9.17, 15) is 14.7 Å². The molecule has 0 aromatic rings. The van der Waals surface area contributed by atoms with Gasteiger partial charge in [0, 0.05) is 6.54 Å². The van der Waals surface area contributed by atoms with Crippen LogP contribution in [0.15, 0.2) is 0 Å². The van der Waals surface area contributed by atoms with Gasteiger partial charge in [-0.2, -0.15) is 0 Å². The number of carbonyl (C=O) groups is 2. The number of carbonyl (C=O) groups excluding carboxylic acids is 2. The fourth-order valence-electron chi connectivity index (χ4n) is 4.12. The fourth-order valence-corrected chi connectivity index (χ4v) is 4.12. The fraction of sp³-hybridized carbons (Fsp3) is 0.882. The summed E-state index contributed by atoms with van der Waals surface area (Å²) in [5.41, 5.74) is -1.09. The van der Waals surface area contributed by atoms with Gasteiger partial charge in [0.1, 0.15) is 12.1 Å². The molecule has 4 unspecified atom stereocenters. The molecular formula is C17H28N2O4. The smallest absolute Gasteiger partial charge is 0.274 e. The highest BCUT2D eigenvalue weighted by atomic mass is 16.7. The van der Waals surface area contributed by atoms with E-state index < -0.39 is 23.6 Å². The maximum Gasteiger partial charge on any atom is 0.274 e. The zero-order chi connectivity index (χ0) is 17.2. The predicted octanol–water partition coefficient (Wildman–Crippen LogP) is 1.33. The lowest BCUT2D eigenvalue weighted by Crippen LogP contribution is -2.71. The lowest BCUT2D eigenvalue weighted by molar-refractivity contribution is -0.317. The van der Waals surface area contributed by atoms with E-state index in [1.807, 2.05) is 27.7 Å². The van der Waals surface area contributed by atoms with Gasteiger partial charge in [-0.3, -0.25) is 14.5 Å². The number of hydrogen-bond donors (Lipinski definition) is 1. The molecular weight excluding hydrogens is 296 g/mol. The molecule has 1 N–H and O–H groups in total. The second-order valence-electron chi connectivity index (χ2n) is 8.03. The zero-order valence-electron chi connectivity index (χ0n) is 14.7. The molecule has 0 aliphatic carbocycles. The normalized spacial score (nSPS) is 40.3. The van der Waals surface area contributed by atoms with E-state index in [-0.39, 0.29) is 23.7 Å². The van der Waals surface area contributed by atoms with E-state index in [1.165, 1.54) is 4.90 Å². The molecule has 0 saturated carbocycles. The molecule has 6 nitrogen and oxygen atoms in total. The van der Waals surface area contributed by atoms with Crippen LogP contribution in [-0.2, 0) is 14.3 Å². The molecule has 130 valence electrons. The van der Waals surface area contributed by atoms with E-state index in [0.717, 1.165) is 6.42 Å². The van der Waals surface area contributed by atoms with Gasteiger partial charge in [-0.15, -0.1) is 0 Å². The van der Waals surface area contributed by atoms with Crippen molar-refractivity contribution in [3.05, 3.63) is 0 Å². The second kappa shape index (κ2) is 5.18. The first-order valence-corrected chi connectivity index (χ1v) is 8.69. The molecule has 0 radical (unpaired) electrons. The summed E-state index contributed by atoms with van der Waals surface area (Å²) in [4.78, 5) is 29.1. The Kier molecular flexibility index (Phi) is 3.76. The van der Waals surface area contributed by atoms with Crippen molar-refractivity contribution in [2.24, 2.45) is 11.8 Å². The first-order valence-electron chi connectivity index (χ1n) is 8.69. The molecule has 3 aliphatic heterocycles. The standard InChI is InChI=1S/C17H28N2O4/c1-10(2)9-12-14(20)18-8-6-7-13(18)17(22)19(12)15(21)16(5,23-17)11(3)4/h10-13,22H,6-9H2,1-5H3. The van der Waals surface area contributed by atoms with Crippen molar-refractivity contribution < 1.29 is 19.4 Å². The molecule has 6 heteroatoms. The van der Waals surface area contributed by atoms with Gasteiger partial charge in [0.05, 0.1) is 0 Å². The van der Waals surface area contributed by atoms with E-state index in [1.54, 1.807) is 11.8 Å². The topological polar surface area (TPSA) is 70.1 Å². The monoisotopic (exact) mass is 324 g/mol. The SMILES string of the molecule is CC(C)CC1C(=O)N2CCCC2C2(O)OC(C)(C(C)C)C(=O)N12. The number of nitrogens with zero attached hydrogens (tertiary/aromatic N) is 2. The lowest BCUT2D eigenvalue weighted by Gasteiger charge is -2.49. The zero-order valence-corrected chi connectivity index (χ0v) is 14.7. The minimum Gasteiger partial charge on any atom is -0.347 e. The Bertz CT molecular complexity index is 535. The van der Waals surface area contributed by atoms with E-state index >= 15 is 0 Å². The van der Waals surface area contributed by atoms with Crippen LogP contribution < -0.4 is 0 Å². The van der Waals surface area contributed by atoms with Crippen LogP contribution in [-0.4, -0.2) is 56.9 Å². The largest absolute Gasteiger partial charge is 0.347 e. The number of hydrogen-bond acceptors (Lipinski definition) is 4. The van der Waals surface area contributed by atoms with Gasteiger partial charge in [0.25, 0.3) is 11.8 Å². The van der Waals surface area contributed by atoms with Crippen molar-refractivity contribution >= 4 is 11.8 Å². The van der Waals surface area contributed by atoms with Crippen LogP contribution in [0.3, 0.4) is 0 Å². The minimum atomic E-state index is -1.69. The van der Waals surface area contributed by atoms with Crippen LogP contribution in [0.1, 0.15) is 53.9 Å². The molecule has 2 amide bonds. The summed E-state index contributed by atoms with van der Waals surface area (Å²) >= 11 is 0. The number of fused-ring (bicyclic) bond motifs is 3. The van der Waals surface area contributed by atoms with Crippen molar-refractivity contribution in [1.29, 1.82) is 0 Å². The highest BCUT2D eigenvalue weighted by Crippen LogP contribution is 2.48. The van der Waals surface area contributed by atoms with E-state index in [0.29, 0.717) is 19.4 Å². The van der Waals surface area contributed by atoms with Gasteiger partial charge in [-0.1, -0.05) is 27.7 Å². The summed E-state index contributed by atoms with van der Waals surface area (Å²) < 4.78 is 6.03. The highest BCUT2D eigenvalue weighted by molar-refractivity contribution is 5.95. The predicted molar refractivity (Wildman–Crippen MR) is 84.1 cm³/mol. The quantitative estimate of drug-likeness (QED) is 0.850. The Hall–Kier alpha value is -1.14. The summed E-state index contributed by atoms with van der Waals surface area (Å²) in [6.45, 7) is 10.2. The molecule has 0 aromatic heterocycles. The summed E-state index contributed by atoms with van der Waals surface area (Å²) in [5, 5.41) is 11.3. The summed E-state index contributed by atoms with van der Waals surface area (Å²) in [6, 6.07) is -1.09. The second-order valence-corrected chi connectivity index (χ2v) is 8.03. The van der Waals surface area contributed by atoms with Crippen molar-refractivity contribution in [2.45, 2.75) is 77.5 Å². The van der Waals surface area contributed by atoms with Crippen LogP contribution >= 0.6 is 0 Å². The Balaban J connectivity index is 2.08. The van der Waals surface area contributed by atoms with Gasteiger partial charge < -0.3 is 14.7 Å². The number of piperazine rings is 1. The molecule has 0 bridgehead atoms. The first-order chi connectivity index (χ1) is 10.6. The average molecular weight is 324 g/mol. The number of aliphatic hydroxyl groups is 1. The Morgan fingerprint density at radius 2 is 1.96 bits per heavy atom. The van der Waals surface area contributed by atoms with Crippen LogP contribution in [0.4, 0.5) is 0 Å². The third kappa shape index (κ3) is 2.14. The van der Waals surface area contributed by atoms with E-state index in [4.69, 9.17) is 4.74 Å². The van der Waals surface area contributed by atoms with Crippen molar-refractivity contribution in [3.63, 3.8) is 0 Å². The molecule has 3 aliphatic rings. The van der Waals surface area contributed by atoms with Gasteiger partial charge in [-0.25, -0.2) is 0 Å². The Morgan fingerprint density at radius 3 is 2.52 bits per heavy atom. The Morgan fingerprint density at radius 1 is 1.30 bits per heavy atom. The van der Waals surface area contributed by atoms with Crippen LogP contribution in [0, 0.1) is 11.8 Å². The molecule has 3 fully saturated rings. The minimum absolute atomic E-state index is 0.0455. The van der Waals surface area contributed by atoms with Crippen molar-refractivity contribution in [1.82, 2.24) is 9.80 Å². The van der Waals surface area contributed by atoms with Crippen molar-refractivity contribution in [3.8, 4) is 0 Å². The third-order valence-corrected chi connectivity index (χ3v) is 5.71. The summed E-state index contributed by atoms with van der Waals surface area (Å²) in [7, 11) is 0. The number of amides is 2. The number of ether oxygens (including phenoxy) is 1. The first kappa shape index (κ1) is 16.7. The van der Waals surface area contributed by atoms with Crippen LogP contribution in [0.25, 0.3) is 0 Å². The third-order valence-electron chi connectivity index (χ3n) is 5.71. The summed E-state index contributed by atoms with van der Waals surface area (Å²) in [5.74, 6) is -1.85. The lowest BCUT2D eigenvalue weighted by atomic mass is 9.90. The molecule has 3 saturated heterocycles. The maximum atomic E-state index is 13.1. The van der Waals surface area contributed by atoms with Crippen LogP contribution in [0.5, 0.6) is 0 Å². The molecule has 3 rings (SSSR count). The average Bonchev–Trinajstić information content (AvgIpc) is 3.00.